The zero-order valence-corrected chi connectivity index (χ0v) is 36.4. The Labute approximate surface area is 353 Å². The van der Waals surface area contributed by atoms with Crippen LogP contribution in [0.2, 0.25) is 0 Å². The highest BCUT2D eigenvalue weighted by Gasteiger charge is 2.23. The molecule has 0 radical (unpaired) electrons. The second-order valence-electron chi connectivity index (χ2n) is 12.3. The maximum absolute atomic E-state index is 12.1. The van der Waals surface area contributed by atoms with Crippen molar-refractivity contribution in [2.45, 2.75) is 25.3 Å². The van der Waals surface area contributed by atoms with Gasteiger partial charge in [0, 0.05) is 17.5 Å². The van der Waals surface area contributed by atoms with E-state index in [1.165, 1.54) is 11.1 Å². The number of ether oxygens (including phenoxy) is 3. The van der Waals surface area contributed by atoms with E-state index in [1.54, 1.807) is 33.5 Å². The van der Waals surface area contributed by atoms with Crippen LogP contribution in [0, 0.1) is 0 Å². The number of phenolic OH excluding ortho intramolecular Hbond substituents is 1. The van der Waals surface area contributed by atoms with Gasteiger partial charge >= 0.3 is 7.60 Å². The fourth-order valence-electron chi connectivity index (χ4n) is 5.15. The molecule has 0 aromatic heterocycles. The number of hydrogen-bond donors (Lipinski definition) is 1. The molecule has 0 heterocycles. The average Bonchev–Trinajstić information content (AvgIpc) is 3.26. The first-order valence-electron chi connectivity index (χ1n) is 18.8. The lowest BCUT2D eigenvalue weighted by molar-refractivity contribution is 0.219. The highest BCUT2D eigenvalue weighted by atomic mass is 79.9. The van der Waals surface area contributed by atoms with Gasteiger partial charge in [0.1, 0.15) is 23.0 Å². The van der Waals surface area contributed by atoms with Gasteiger partial charge < -0.3 is 28.4 Å². The first-order chi connectivity index (χ1) is 28.2. The molecule has 0 atom stereocenters. The maximum Gasteiger partial charge on any atom is 0.335 e. The Balaban J connectivity index is 0.000000213. The van der Waals surface area contributed by atoms with E-state index in [0.29, 0.717) is 25.1 Å². The van der Waals surface area contributed by atoms with Gasteiger partial charge in [-0.2, -0.15) is 0 Å². The van der Waals surface area contributed by atoms with Crippen molar-refractivity contribution in [3.8, 4) is 23.0 Å². The van der Waals surface area contributed by atoms with Crippen LogP contribution in [0.25, 0.3) is 24.3 Å². The highest BCUT2D eigenvalue weighted by molar-refractivity contribution is 9.08. The van der Waals surface area contributed by atoms with Crippen LogP contribution in [0.3, 0.4) is 0 Å². The molecular weight excluding hydrogens is 811 g/mol. The minimum absolute atomic E-state index is 0.206. The number of alkyl halides is 1. The van der Waals surface area contributed by atoms with E-state index in [4.69, 9.17) is 23.3 Å². The summed E-state index contributed by atoms with van der Waals surface area (Å²) in [7, 11) is 1.95. The summed E-state index contributed by atoms with van der Waals surface area (Å²) in [5.41, 5.74) is 6.55. The SMILES string of the molecule is BrCc1ccccc1.CCOP(=O)(Cc1ccccc1)OCC.COc1cc(/C=C/c2ccccc2)cc(OC)c1.COc1cc(O)cc(/C=C/c2ccccc2)c1. The predicted molar refractivity (Wildman–Crippen MR) is 245 cm³/mol. The van der Waals surface area contributed by atoms with Crippen molar-refractivity contribution in [3.05, 3.63) is 191 Å². The largest absolute Gasteiger partial charge is 0.508 e. The molecule has 1 N–H and O–H groups in total. The van der Waals surface area contributed by atoms with E-state index in [0.717, 1.165) is 39.1 Å². The summed E-state index contributed by atoms with van der Waals surface area (Å²) in [5, 5.41) is 10.5. The molecule has 0 unspecified atom stereocenters. The summed E-state index contributed by atoms with van der Waals surface area (Å²) in [4.78, 5) is 0. The second kappa shape index (κ2) is 27.3. The third-order valence-corrected chi connectivity index (χ3v) is 10.6. The van der Waals surface area contributed by atoms with Crippen molar-refractivity contribution in [1.82, 2.24) is 0 Å². The average molecular weight is 866 g/mol. The Bertz CT molecular complexity index is 2080. The topological polar surface area (TPSA) is 83.5 Å². The van der Waals surface area contributed by atoms with Gasteiger partial charge in [0.25, 0.3) is 0 Å². The van der Waals surface area contributed by atoms with E-state index in [2.05, 4.69) is 46.3 Å². The Kier molecular flexibility index (Phi) is 22.1. The molecule has 0 saturated heterocycles. The van der Waals surface area contributed by atoms with Crippen molar-refractivity contribution in [1.29, 1.82) is 0 Å². The molecule has 0 bridgehead atoms. The number of methoxy groups -OCH3 is 3. The molecule has 58 heavy (non-hydrogen) atoms. The summed E-state index contributed by atoms with van der Waals surface area (Å²) >= 11 is 3.36. The molecule has 0 spiro atoms. The van der Waals surface area contributed by atoms with E-state index in [1.807, 2.05) is 153 Å². The van der Waals surface area contributed by atoms with Crippen LogP contribution in [-0.4, -0.2) is 39.6 Å². The van der Waals surface area contributed by atoms with Gasteiger partial charge in [0.05, 0.1) is 40.7 Å². The molecule has 304 valence electrons. The Hall–Kier alpha value is -5.37. The van der Waals surface area contributed by atoms with Gasteiger partial charge in [-0.15, -0.1) is 0 Å². The molecule has 6 rings (SSSR count). The third kappa shape index (κ3) is 18.7. The number of aromatic hydroxyl groups is 1. The second-order valence-corrected chi connectivity index (χ2v) is 14.9. The Morgan fingerprint density at radius 2 is 0.862 bits per heavy atom. The quantitative estimate of drug-likeness (QED) is 0.0663. The fourth-order valence-corrected chi connectivity index (χ4v) is 7.23. The first-order valence-corrected chi connectivity index (χ1v) is 21.7. The van der Waals surface area contributed by atoms with Crippen LogP contribution in [0.5, 0.6) is 23.0 Å². The minimum Gasteiger partial charge on any atom is -0.508 e. The third-order valence-electron chi connectivity index (χ3n) is 7.93. The van der Waals surface area contributed by atoms with E-state index in [9.17, 15) is 9.67 Å². The number of hydrogen-bond acceptors (Lipinski definition) is 7. The Morgan fingerprint density at radius 1 is 0.500 bits per heavy atom. The van der Waals surface area contributed by atoms with Crippen LogP contribution < -0.4 is 14.2 Å². The minimum atomic E-state index is -2.94. The number of halogens is 1. The smallest absolute Gasteiger partial charge is 0.335 e. The Morgan fingerprint density at radius 3 is 1.24 bits per heavy atom. The zero-order chi connectivity index (χ0) is 41.9. The van der Waals surface area contributed by atoms with Crippen molar-refractivity contribution in [2.24, 2.45) is 0 Å². The van der Waals surface area contributed by atoms with Gasteiger partial charge in [-0.3, -0.25) is 4.57 Å². The summed E-state index contributed by atoms with van der Waals surface area (Å²) in [6, 6.07) is 51.0. The van der Waals surface area contributed by atoms with Crippen LogP contribution in [0.4, 0.5) is 0 Å². The summed E-state index contributed by atoms with van der Waals surface area (Å²) in [5.74, 6) is 2.44. The van der Waals surface area contributed by atoms with Crippen molar-refractivity contribution >= 4 is 47.8 Å². The molecule has 0 aliphatic carbocycles. The van der Waals surface area contributed by atoms with Crippen molar-refractivity contribution in [2.75, 3.05) is 34.5 Å². The first kappa shape index (κ1) is 47.0. The van der Waals surface area contributed by atoms with Crippen molar-refractivity contribution < 1.29 is 32.9 Å². The fraction of sp³-hybridized carbons (Fsp3) is 0.184. The van der Waals surface area contributed by atoms with Crippen LogP contribution in [-0.2, 0) is 25.1 Å². The highest BCUT2D eigenvalue weighted by Crippen LogP contribution is 2.51. The molecule has 0 fully saturated rings. The monoisotopic (exact) mass is 864 g/mol. The van der Waals surface area contributed by atoms with E-state index in [-0.39, 0.29) is 5.75 Å². The van der Waals surface area contributed by atoms with E-state index < -0.39 is 7.60 Å². The predicted octanol–water partition coefficient (Wildman–Crippen LogP) is 13.5. The van der Waals surface area contributed by atoms with Gasteiger partial charge in [-0.25, -0.2) is 0 Å². The van der Waals surface area contributed by atoms with Gasteiger partial charge in [-0.05, 0) is 71.5 Å². The summed E-state index contributed by atoms with van der Waals surface area (Å²) in [6.45, 7) is 4.45. The molecule has 0 aliphatic heterocycles. The lowest BCUT2D eigenvalue weighted by atomic mass is 10.1. The molecule has 6 aromatic carbocycles. The molecule has 0 aliphatic rings. The van der Waals surface area contributed by atoms with Gasteiger partial charge in [0.15, 0.2) is 0 Å². The molecule has 9 heteroatoms. The van der Waals surface area contributed by atoms with Crippen LogP contribution in [0.15, 0.2) is 158 Å². The molecule has 0 amide bonds. The molecule has 0 saturated carbocycles. The molecular formula is C49H54BrO7P. The summed E-state index contributed by atoms with van der Waals surface area (Å²) in [6.07, 6.45) is 8.38. The molecule has 6 aromatic rings. The van der Waals surface area contributed by atoms with Gasteiger partial charge in [-0.1, -0.05) is 162 Å². The van der Waals surface area contributed by atoms with Gasteiger partial charge in [0.2, 0.25) is 0 Å². The normalized spacial score (nSPS) is 10.7. The van der Waals surface area contributed by atoms with Crippen LogP contribution >= 0.6 is 23.5 Å². The standard InChI is InChI=1S/C16H16O2.C15H14O2.C11H17O3P.C7H7Br/c1-17-15-10-14(11-16(12-15)18-2)9-8-13-6-4-3-5-7-13;1-17-15-10-13(9-14(16)11-15)8-7-12-5-3-2-4-6-12;1-3-13-15(12,14-4-2)10-11-8-6-5-7-9-11;8-6-7-4-2-1-3-5-7/h3-12H,1-2H3;2-11,16H,1H3;5-9H,3-4,10H2,1-2H3;1-5H,6H2/b9-8+;8-7+;;. The maximum atomic E-state index is 12.1. The lowest BCUT2D eigenvalue weighted by Crippen LogP contribution is -1.98. The van der Waals surface area contributed by atoms with E-state index >= 15 is 0 Å². The van der Waals surface area contributed by atoms with Crippen LogP contribution in [0.1, 0.15) is 47.2 Å². The molecule has 7 nitrogen and oxygen atoms in total. The van der Waals surface area contributed by atoms with Crippen molar-refractivity contribution in [3.63, 3.8) is 0 Å². The number of rotatable bonds is 14. The zero-order valence-electron chi connectivity index (χ0n) is 33.9. The number of phenols is 1. The number of benzene rings is 6. The summed E-state index contributed by atoms with van der Waals surface area (Å²) < 4.78 is 38.1. The lowest BCUT2D eigenvalue weighted by Gasteiger charge is -2.16.